The summed E-state index contributed by atoms with van der Waals surface area (Å²) >= 11 is 3.45. The Morgan fingerprint density at radius 3 is 3.12 bits per heavy atom. The number of imidazole rings is 1. The topological polar surface area (TPSA) is 29.9 Å². The van der Waals surface area contributed by atoms with E-state index in [2.05, 4.69) is 30.8 Å². The highest BCUT2D eigenvalue weighted by molar-refractivity contribution is 9.10. The number of hydrogen-bond acceptors (Lipinski definition) is 2. The highest BCUT2D eigenvalue weighted by Gasteiger charge is 2.21. The summed E-state index contributed by atoms with van der Waals surface area (Å²) in [4.78, 5) is 4.38. The number of nitrogens with zero attached hydrogens (tertiary/aromatic N) is 2. The molecular weight excluding hydrogens is 273 g/mol. The minimum absolute atomic E-state index is 0.216. The van der Waals surface area contributed by atoms with E-state index >= 15 is 0 Å². The summed E-state index contributed by atoms with van der Waals surface area (Å²) in [5.41, 5.74) is 1.70. The number of halogens is 2. The molecule has 0 amide bonds. The van der Waals surface area contributed by atoms with Crippen LogP contribution in [0.15, 0.2) is 22.9 Å². The molecule has 5 heteroatoms. The molecule has 0 aliphatic carbocycles. The highest BCUT2D eigenvalue weighted by atomic mass is 79.9. The van der Waals surface area contributed by atoms with Gasteiger partial charge in [-0.1, -0.05) is 0 Å². The van der Waals surface area contributed by atoms with Crippen molar-refractivity contribution in [2.24, 2.45) is 0 Å². The lowest BCUT2D eigenvalue weighted by Gasteiger charge is -2.12. The number of fused-ring (bicyclic) bond motifs is 1. The fourth-order valence-corrected chi connectivity index (χ4v) is 2.92. The van der Waals surface area contributed by atoms with Crippen LogP contribution >= 0.6 is 15.9 Å². The number of hydrogen-bond donors (Lipinski definition) is 1. The van der Waals surface area contributed by atoms with Crippen LogP contribution in [0, 0.1) is 5.82 Å². The van der Waals surface area contributed by atoms with Crippen molar-refractivity contribution in [2.75, 3.05) is 13.1 Å². The summed E-state index contributed by atoms with van der Waals surface area (Å²) in [6.45, 7) is 1.92. The van der Waals surface area contributed by atoms with Crippen molar-refractivity contribution in [3.05, 3.63) is 28.7 Å². The van der Waals surface area contributed by atoms with E-state index in [1.54, 1.807) is 12.1 Å². The molecule has 1 atom stereocenters. The van der Waals surface area contributed by atoms with Gasteiger partial charge < -0.3 is 9.88 Å². The summed E-state index contributed by atoms with van der Waals surface area (Å²) in [7, 11) is 0. The van der Waals surface area contributed by atoms with Gasteiger partial charge in [-0.05, 0) is 47.1 Å². The van der Waals surface area contributed by atoms with Crippen molar-refractivity contribution in [2.45, 2.75) is 12.5 Å². The van der Waals surface area contributed by atoms with Gasteiger partial charge in [0.1, 0.15) is 5.82 Å². The molecule has 2 heterocycles. The van der Waals surface area contributed by atoms with Crippen LogP contribution in [-0.2, 0) is 0 Å². The number of aromatic nitrogens is 2. The Kier molecular flexibility index (Phi) is 2.44. The van der Waals surface area contributed by atoms with Crippen molar-refractivity contribution in [3.63, 3.8) is 0 Å². The molecule has 0 saturated carbocycles. The Hall–Kier alpha value is -0.940. The van der Waals surface area contributed by atoms with E-state index in [9.17, 15) is 4.39 Å². The van der Waals surface area contributed by atoms with Crippen LogP contribution in [0.3, 0.4) is 0 Å². The number of benzene rings is 1. The molecule has 2 aromatic rings. The van der Waals surface area contributed by atoms with Gasteiger partial charge in [0, 0.05) is 12.6 Å². The molecule has 1 aromatic carbocycles. The maximum absolute atomic E-state index is 13.2. The summed E-state index contributed by atoms with van der Waals surface area (Å²) in [6, 6.07) is 5.07. The fraction of sp³-hybridized carbons (Fsp3) is 0.364. The van der Waals surface area contributed by atoms with E-state index in [-0.39, 0.29) is 5.82 Å². The van der Waals surface area contributed by atoms with Gasteiger partial charge >= 0.3 is 0 Å². The van der Waals surface area contributed by atoms with E-state index in [4.69, 9.17) is 0 Å². The lowest BCUT2D eigenvalue weighted by Crippen LogP contribution is -2.13. The quantitative estimate of drug-likeness (QED) is 0.872. The summed E-state index contributed by atoms with van der Waals surface area (Å²) in [6.07, 6.45) is 1.06. The van der Waals surface area contributed by atoms with Gasteiger partial charge in [-0.3, -0.25) is 0 Å². The maximum Gasteiger partial charge on any atom is 0.178 e. The molecule has 3 rings (SSSR count). The second-order valence-corrected chi connectivity index (χ2v) is 4.74. The highest BCUT2D eigenvalue weighted by Crippen LogP contribution is 2.28. The van der Waals surface area contributed by atoms with Crippen LogP contribution in [-0.4, -0.2) is 22.6 Å². The van der Waals surface area contributed by atoms with Gasteiger partial charge in [-0.15, -0.1) is 0 Å². The van der Waals surface area contributed by atoms with E-state index in [1.165, 1.54) is 6.07 Å². The van der Waals surface area contributed by atoms with E-state index in [0.717, 1.165) is 35.3 Å². The zero-order chi connectivity index (χ0) is 11.1. The van der Waals surface area contributed by atoms with Crippen LogP contribution in [0.1, 0.15) is 12.5 Å². The zero-order valence-corrected chi connectivity index (χ0v) is 10.2. The maximum atomic E-state index is 13.2. The van der Waals surface area contributed by atoms with Gasteiger partial charge in [0.05, 0.1) is 11.0 Å². The number of rotatable bonds is 1. The Balaban J connectivity index is 2.20. The Labute approximate surface area is 101 Å². The van der Waals surface area contributed by atoms with Crippen molar-refractivity contribution in [3.8, 4) is 0 Å². The SMILES string of the molecule is Fc1ccc2nc(Br)n(C3CCNC3)c2c1. The largest absolute Gasteiger partial charge is 0.315 e. The van der Waals surface area contributed by atoms with Gasteiger partial charge in [0.25, 0.3) is 0 Å². The first-order chi connectivity index (χ1) is 7.75. The Morgan fingerprint density at radius 1 is 1.50 bits per heavy atom. The molecule has 0 bridgehead atoms. The molecule has 1 N–H and O–H groups in total. The number of nitrogens with one attached hydrogen (secondary N) is 1. The van der Waals surface area contributed by atoms with Crippen LogP contribution < -0.4 is 5.32 Å². The molecule has 3 nitrogen and oxygen atoms in total. The fourth-order valence-electron chi connectivity index (χ4n) is 2.24. The molecule has 1 aliphatic rings. The molecule has 84 valence electrons. The molecule has 0 spiro atoms. The van der Waals surface area contributed by atoms with E-state index in [1.807, 2.05) is 0 Å². The lowest BCUT2D eigenvalue weighted by atomic mass is 10.2. The minimum Gasteiger partial charge on any atom is -0.315 e. The third-order valence-corrected chi connectivity index (χ3v) is 3.57. The Bertz CT molecular complexity index is 531. The summed E-state index contributed by atoms with van der Waals surface area (Å²) in [5.74, 6) is -0.216. The van der Waals surface area contributed by atoms with E-state index < -0.39 is 0 Å². The van der Waals surface area contributed by atoms with Crippen LogP contribution in [0.5, 0.6) is 0 Å². The first kappa shape index (κ1) is 10.2. The first-order valence-corrected chi connectivity index (χ1v) is 6.09. The summed E-state index contributed by atoms with van der Waals surface area (Å²) in [5, 5.41) is 3.30. The third kappa shape index (κ3) is 1.55. The van der Waals surface area contributed by atoms with Gasteiger partial charge in [-0.25, -0.2) is 9.37 Å². The molecule has 16 heavy (non-hydrogen) atoms. The molecule has 1 aliphatic heterocycles. The molecular formula is C11H11BrFN3. The molecule has 0 radical (unpaired) electrons. The van der Waals surface area contributed by atoms with Gasteiger partial charge in [0.2, 0.25) is 0 Å². The van der Waals surface area contributed by atoms with Crippen molar-refractivity contribution in [1.29, 1.82) is 0 Å². The first-order valence-electron chi connectivity index (χ1n) is 5.29. The smallest absolute Gasteiger partial charge is 0.178 e. The van der Waals surface area contributed by atoms with Crippen LogP contribution in [0.25, 0.3) is 11.0 Å². The standard InChI is InChI=1S/C11H11BrFN3/c12-11-15-9-2-1-7(13)5-10(9)16(11)8-3-4-14-6-8/h1-2,5,8,14H,3-4,6H2. The zero-order valence-electron chi connectivity index (χ0n) is 8.58. The summed E-state index contributed by atoms with van der Waals surface area (Å²) < 4.78 is 16.1. The predicted molar refractivity (Wildman–Crippen MR) is 63.9 cm³/mol. The monoisotopic (exact) mass is 283 g/mol. The predicted octanol–water partition coefficient (Wildman–Crippen LogP) is 2.47. The Morgan fingerprint density at radius 2 is 2.38 bits per heavy atom. The van der Waals surface area contributed by atoms with Gasteiger partial charge in [0.15, 0.2) is 4.73 Å². The average molecular weight is 284 g/mol. The third-order valence-electron chi connectivity index (χ3n) is 3.01. The molecule has 1 saturated heterocycles. The molecule has 1 aromatic heterocycles. The van der Waals surface area contributed by atoms with Crippen molar-refractivity contribution in [1.82, 2.24) is 14.9 Å². The van der Waals surface area contributed by atoms with Crippen LogP contribution in [0.4, 0.5) is 4.39 Å². The van der Waals surface area contributed by atoms with E-state index in [0.29, 0.717) is 6.04 Å². The minimum atomic E-state index is -0.216. The lowest BCUT2D eigenvalue weighted by molar-refractivity contribution is 0.549. The van der Waals surface area contributed by atoms with Crippen molar-refractivity contribution < 1.29 is 4.39 Å². The molecule has 1 unspecified atom stereocenters. The average Bonchev–Trinajstić information content (AvgIpc) is 2.83. The van der Waals surface area contributed by atoms with Crippen molar-refractivity contribution >= 4 is 27.0 Å². The molecule has 1 fully saturated rings. The second kappa shape index (κ2) is 3.82. The van der Waals surface area contributed by atoms with Crippen LogP contribution in [0.2, 0.25) is 0 Å². The normalized spacial score (nSPS) is 20.8. The second-order valence-electron chi connectivity index (χ2n) is 4.03. The van der Waals surface area contributed by atoms with Gasteiger partial charge in [-0.2, -0.15) is 0 Å².